The van der Waals surface area contributed by atoms with E-state index in [1.54, 1.807) is 0 Å². The number of rotatable bonds is 4. The second kappa shape index (κ2) is 5.28. The molecule has 2 nitrogen and oxygen atoms in total. The van der Waals surface area contributed by atoms with Gasteiger partial charge in [-0.15, -0.1) is 0 Å². The fourth-order valence-corrected chi connectivity index (χ4v) is 1.49. The van der Waals surface area contributed by atoms with E-state index in [9.17, 15) is 13.2 Å². The second-order valence-corrected chi connectivity index (χ2v) is 5.21. The molecule has 0 heterocycles. The molecule has 0 saturated heterocycles. The van der Waals surface area contributed by atoms with Crippen LogP contribution in [0.4, 0.5) is 13.2 Å². The largest absolute Gasteiger partial charge is 0.416 e. The first-order valence-electron chi connectivity index (χ1n) is 5.79. The molecule has 0 spiro atoms. The van der Waals surface area contributed by atoms with Gasteiger partial charge in [0.1, 0.15) is 0 Å². The summed E-state index contributed by atoms with van der Waals surface area (Å²) in [6.45, 7) is 6.27. The summed E-state index contributed by atoms with van der Waals surface area (Å²) in [7, 11) is 0. The van der Waals surface area contributed by atoms with Crippen LogP contribution in [-0.2, 0) is 6.18 Å². The van der Waals surface area contributed by atoms with Gasteiger partial charge in [-0.05, 0) is 38.5 Å². The highest BCUT2D eigenvalue weighted by Gasteiger charge is 2.30. The maximum atomic E-state index is 12.4. The predicted octanol–water partition coefficient (Wildman–Crippen LogP) is 3.09. The van der Waals surface area contributed by atoms with Crippen LogP contribution in [0.5, 0.6) is 0 Å². The summed E-state index contributed by atoms with van der Waals surface area (Å²) in [5.41, 5.74) is 5.67. The molecule has 1 aromatic rings. The summed E-state index contributed by atoms with van der Waals surface area (Å²) in [6.07, 6.45) is -4.28. The summed E-state index contributed by atoms with van der Waals surface area (Å²) < 4.78 is 37.2. The van der Waals surface area contributed by atoms with Gasteiger partial charge in [-0.25, -0.2) is 0 Å². The average molecular weight is 260 g/mol. The molecular formula is C13H19F3N2. The molecule has 1 aromatic carbocycles. The lowest BCUT2D eigenvalue weighted by Gasteiger charge is -2.23. The first kappa shape index (κ1) is 15.0. The monoisotopic (exact) mass is 260 g/mol. The smallest absolute Gasteiger partial charge is 0.324 e. The summed E-state index contributed by atoms with van der Waals surface area (Å²) >= 11 is 0. The first-order valence-corrected chi connectivity index (χ1v) is 5.79. The van der Waals surface area contributed by atoms with E-state index in [1.807, 2.05) is 20.8 Å². The van der Waals surface area contributed by atoms with Crippen LogP contribution in [0.15, 0.2) is 24.3 Å². The van der Waals surface area contributed by atoms with E-state index in [0.717, 1.165) is 17.7 Å². The third-order valence-corrected chi connectivity index (χ3v) is 2.60. The van der Waals surface area contributed by atoms with Crippen molar-refractivity contribution in [3.05, 3.63) is 35.4 Å². The summed E-state index contributed by atoms with van der Waals surface area (Å²) in [5.74, 6) is 0. The Morgan fingerprint density at radius 2 is 1.67 bits per heavy atom. The fourth-order valence-electron chi connectivity index (χ4n) is 1.49. The maximum absolute atomic E-state index is 12.4. The Hall–Kier alpha value is -1.07. The van der Waals surface area contributed by atoms with Gasteiger partial charge < -0.3 is 11.1 Å². The van der Waals surface area contributed by atoms with Gasteiger partial charge in [0, 0.05) is 18.1 Å². The van der Waals surface area contributed by atoms with Crippen molar-refractivity contribution < 1.29 is 13.2 Å². The molecule has 0 aliphatic carbocycles. The number of hydrogen-bond donors (Lipinski definition) is 2. The minimum absolute atomic E-state index is 0.0323. The van der Waals surface area contributed by atoms with Crippen molar-refractivity contribution in [2.75, 3.05) is 6.54 Å². The molecule has 18 heavy (non-hydrogen) atoms. The van der Waals surface area contributed by atoms with Crippen LogP contribution >= 0.6 is 0 Å². The van der Waals surface area contributed by atoms with Crippen LogP contribution in [0, 0.1) is 0 Å². The van der Waals surface area contributed by atoms with Crippen LogP contribution in [-0.4, -0.2) is 12.1 Å². The zero-order valence-electron chi connectivity index (χ0n) is 10.8. The minimum Gasteiger partial charge on any atom is -0.324 e. The number of alkyl halides is 3. The molecule has 1 rings (SSSR count). The Bertz CT molecular complexity index is 377. The summed E-state index contributed by atoms with van der Waals surface area (Å²) in [4.78, 5) is 0. The SMILES string of the molecule is CC(NCC(C)(C)N)c1ccc(C(F)(F)F)cc1. The Morgan fingerprint density at radius 1 is 1.17 bits per heavy atom. The van der Waals surface area contributed by atoms with Crippen molar-refractivity contribution in [2.24, 2.45) is 5.73 Å². The van der Waals surface area contributed by atoms with Gasteiger partial charge >= 0.3 is 6.18 Å². The van der Waals surface area contributed by atoms with Gasteiger partial charge in [-0.1, -0.05) is 12.1 Å². The molecule has 0 fully saturated rings. The third-order valence-electron chi connectivity index (χ3n) is 2.60. The van der Waals surface area contributed by atoms with E-state index in [1.165, 1.54) is 12.1 Å². The molecule has 0 radical (unpaired) electrons. The van der Waals surface area contributed by atoms with E-state index in [2.05, 4.69) is 5.32 Å². The summed E-state index contributed by atoms with van der Waals surface area (Å²) in [5, 5.41) is 3.19. The Balaban J connectivity index is 2.68. The lowest BCUT2D eigenvalue weighted by Crippen LogP contribution is -2.43. The molecule has 1 unspecified atom stereocenters. The number of hydrogen-bond acceptors (Lipinski definition) is 2. The Morgan fingerprint density at radius 3 is 2.06 bits per heavy atom. The van der Waals surface area contributed by atoms with Crippen molar-refractivity contribution >= 4 is 0 Å². The number of halogens is 3. The van der Waals surface area contributed by atoms with E-state index >= 15 is 0 Å². The van der Waals surface area contributed by atoms with E-state index in [0.29, 0.717) is 6.54 Å². The fraction of sp³-hybridized carbons (Fsp3) is 0.538. The van der Waals surface area contributed by atoms with Crippen molar-refractivity contribution in [1.82, 2.24) is 5.32 Å². The van der Waals surface area contributed by atoms with Gasteiger partial charge in [-0.2, -0.15) is 13.2 Å². The molecule has 1 atom stereocenters. The highest BCUT2D eigenvalue weighted by atomic mass is 19.4. The van der Waals surface area contributed by atoms with E-state index < -0.39 is 11.7 Å². The van der Waals surface area contributed by atoms with E-state index in [4.69, 9.17) is 5.73 Å². The molecular weight excluding hydrogens is 241 g/mol. The van der Waals surface area contributed by atoms with Crippen LogP contribution in [0.1, 0.15) is 37.9 Å². The van der Waals surface area contributed by atoms with Crippen LogP contribution in [0.3, 0.4) is 0 Å². The normalized spacial score (nSPS) is 14.6. The standard InChI is InChI=1S/C13H19F3N2/c1-9(18-8-12(2,3)17)10-4-6-11(7-5-10)13(14,15)16/h4-7,9,18H,8,17H2,1-3H3. The van der Waals surface area contributed by atoms with Gasteiger partial charge in [-0.3, -0.25) is 0 Å². The molecule has 0 bridgehead atoms. The lowest BCUT2D eigenvalue weighted by molar-refractivity contribution is -0.137. The quantitative estimate of drug-likeness (QED) is 0.873. The Labute approximate surface area is 105 Å². The topological polar surface area (TPSA) is 38.0 Å². The zero-order chi connectivity index (χ0) is 14.0. The van der Waals surface area contributed by atoms with Crippen LogP contribution in [0.25, 0.3) is 0 Å². The van der Waals surface area contributed by atoms with Gasteiger partial charge in [0.05, 0.1) is 5.56 Å². The van der Waals surface area contributed by atoms with Crippen LogP contribution < -0.4 is 11.1 Å². The zero-order valence-corrected chi connectivity index (χ0v) is 10.8. The first-order chi connectivity index (χ1) is 8.09. The van der Waals surface area contributed by atoms with Crippen LogP contribution in [0.2, 0.25) is 0 Å². The Kier molecular flexibility index (Phi) is 4.40. The third kappa shape index (κ3) is 4.66. The van der Waals surface area contributed by atoms with Gasteiger partial charge in [0.2, 0.25) is 0 Å². The highest BCUT2D eigenvalue weighted by molar-refractivity contribution is 5.26. The summed E-state index contributed by atoms with van der Waals surface area (Å²) in [6, 6.07) is 5.14. The molecule has 0 amide bonds. The molecule has 5 heteroatoms. The number of nitrogens with two attached hydrogens (primary N) is 1. The van der Waals surface area contributed by atoms with Crippen molar-refractivity contribution in [2.45, 2.75) is 38.5 Å². The highest BCUT2D eigenvalue weighted by Crippen LogP contribution is 2.29. The predicted molar refractivity (Wildman–Crippen MR) is 66.1 cm³/mol. The second-order valence-electron chi connectivity index (χ2n) is 5.21. The lowest BCUT2D eigenvalue weighted by atomic mass is 10.0. The maximum Gasteiger partial charge on any atom is 0.416 e. The van der Waals surface area contributed by atoms with Crippen molar-refractivity contribution in [3.63, 3.8) is 0 Å². The number of benzene rings is 1. The minimum atomic E-state index is -4.28. The molecule has 0 aliphatic rings. The molecule has 0 aromatic heterocycles. The molecule has 102 valence electrons. The molecule has 0 saturated carbocycles. The van der Waals surface area contributed by atoms with Gasteiger partial charge in [0.15, 0.2) is 0 Å². The van der Waals surface area contributed by atoms with Crippen molar-refractivity contribution in [1.29, 1.82) is 0 Å². The molecule has 3 N–H and O–H groups in total. The van der Waals surface area contributed by atoms with Crippen molar-refractivity contribution in [3.8, 4) is 0 Å². The number of nitrogens with one attached hydrogen (secondary N) is 1. The average Bonchev–Trinajstić information content (AvgIpc) is 2.24. The van der Waals surface area contributed by atoms with E-state index in [-0.39, 0.29) is 11.6 Å². The van der Waals surface area contributed by atoms with Gasteiger partial charge in [0.25, 0.3) is 0 Å². The molecule has 0 aliphatic heterocycles.